The fourth-order valence-corrected chi connectivity index (χ4v) is 4.67. The summed E-state index contributed by atoms with van der Waals surface area (Å²) in [4.78, 5) is 4.81. The molecule has 4 heteroatoms. The molecule has 20 heavy (non-hydrogen) atoms. The van der Waals surface area contributed by atoms with E-state index < -0.39 is 0 Å². The first-order valence-corrected chi connectivity index (χ1v) is 8.60. The van der Waals surface area contributed by atoms with Crippen molar-refractivity contribution in [3.05, 3.63) is 23.7 Å². The van der Waals surface area contributed by atoms with E-state index in [0.29, 0.717) is 5.54 Å². The molecule has 2 fully saturated rings. The minimum absolute atomic E-state index is 0.0925. The normalized spacial score (nSPS) is 33.5. The summed E-state index contributed by atoms with van der Waals surface area (Å²) in [6.45, 7) is 6.45. The number of hydrogen-bond donors (Lipinski definition) is 1. The summed E-state index contributed by atoms with van der Waals surface area (Å²) in [5.41, 5.74) is 0.306. The van der Waals surface area contributed by atoms with Crippen LogP contribution in [-0.2, 0) is 0 Å². The van der Waals surface area contributed by atoms with Crippen LogP contribution in [0.4, 0.5) is 0 Å². The third-order valence-electron chi connectivity index (χ3n) is 4.43. The monoisotopic (exact) mass is 292 g/mol. The minimum Gasteiger partial charge on any atom is -0.464 e. The lowest BCUT2D eigenvalue weighted by Crippen LogP contribution is -2.47. The number of nitrogens with one attached hydrogen (secondary N) is 1. The third kappa shape index (κ3) is 2.90. The Morgan fingerprint density at radius 2 is 2.35 bits per heavy atom. The molecule has 0 bridgehead atoms. The zero-order valence-electron chi connectivity index (χ0n) is 12.6. The third-order valence-corrected chi connectivity index (χ3v) is 5.61. The van der Waals surface area contributed by atoms with Crippen molar-refractivity contribution >= 4 is 16.9 Å². The summed E-state index contributed by atoms with van der Waals surface area (Å²) in [7, 11) is 0. The van der Waals surface area contributed by atoms with Gasteiger partial charge < -0.3 is 9.73 Å². The molecule has 3 atom stereocenters. The highest BCUT2D eigenvalue weighted by Crippen LogP contribution is 2.39. The average molecular weight is 292 g/mol. The molecule has 1 aromatic heterocycles. The number of hydrogen-bond acceptors (Lipinski definition) is 3. The van der Waals surface area contributed by atoms with Gasteiger partial charge in [-0.3, -0.25) is 4.99 Å². The van der Waals surface area contributed by atoms with Crippen LogP contribution in [0.3, 0.4) is 0 Å². The fourth-order valence-electron chi connectivity index (χ4n) is 3.40. The summed E-state index contributed by atoms with van der Waals surface area (Å²) in [5.74, 6) is 3.91. The lowest BCUT2D eigenvalue weighted by molar-refractivity contribution is 0.242. The minimum atomic E-state index is 0.0925. The smallest absolute Gasteiger partial charge is 0.157 e. The molecule has 1 spiro atoms. The summed E-state index contributed by atoms with van der Waals surface area (Å²) >= 11 is 1.88. The summed E-state index contributed by atoms with van der Waals surface area (Å²) in [6, 6.07) is 4.13. The van der Waals surface area contributed by atoms with Crippen molar-refractivity contribution < 1.29 is 4.42 Å². The zero-order chi connectivity index (χ0) is 14.2. The van der Waals surface area contributed by atoms with Crippen molar-refractivity contribution in [2.24, 2.45) is 10.9 Å². The van der Waals surface area contributed by atoms with Gasteiger partial charge in [0.15, 0.2) is 5.17 Å². The van der Waals surface area contributed by atoms with E-state index in [2.05, 4.69) is 19.2 Å². The second-order valence-corrected chi connectivity index (χ2v) is 7.42. The Balaban J connectivity index is 1.68. The first-order chi connectivity index (χ1) is 9.56. The largest absolute Gasteiger partial charge is 0.464 e. The highest BCUT2D eigenvalue weighted by molar-refractivity contribution is 8.14. The first kappa shape index (κ1) is 14.1. The Kier molecular flexibility index (Phi) is 3.85. The molecule has 3 nitrogen and oxygen atoms in total. The van der Waals surface area contributed by atoms with Gasteiger partial charge in [-0.05, 0) is 44.7 Å². The summed E-state index contributed by atoms with van der Waals surface area (Å²) in [6.07, 6.45) is 5.29. The van der Waals surface area contributed by atoms with E-state index in [0.717, 1.165) is 22.6 Å². The van der Waals surface area contributed by atoms with Gasteiger partial charge in [0.05, 0.1) is 0 Å². The van der Waals surface area contributed by atoms with E-state index in [1.54, 1.807) is 0 Å². The number of amidine groups is 1. The van der Waals surface area contributed by atoms with E-state index in [1.807, 2.05) is 30.8 Å². The van der Waals surface area contributed by atoms with Gasteiger partial charge in [-0.1, -0.05) is 31.5 Å². The van der Waals surface area contributed by atoms with Crippen molar-refractivity contribution in [3.8, 4) is 0 Å². The molecule has 2 aliphatic rings. The highest BCUT2D eigenvalue weighted by Gasteiger charge is 2.40. The Morgan fingerprint density at radius 3 is 3.05 bits per heavy atom. The van der Waals surface area contributed by atoms with Crippen molar-refractivity contribution in [1.29, 1.82) is 0 Å². The van der Waals surface area contributed by atoms with Gasteiger partial charge in [-0.25, -0.2) is 0 Å². The fraction of sp³-hybridized carbons (Fsp3) is 0.688. The zero-order valence-corrected chi connectivity index (χ0v) is 13.4. The lowest BCUT2D eigenvalue weighted by atomic mass is 9.78. The molecule has 1 saturated heterocycles. The van der Waals surface area contributed by atoms with Crippen molar-refractivity contribution in [3.63, 3.8) is 0 Å². The van der Waals surface area contributed by atoms with Crippen LogP contribution in [0.15, 0.2) is 21.5 Å². The number of rotatable bonds is 2. The van der Waals surface area contributed by atoms with Gasteiger partial charge in [0.25, 0.3) is 0 Å². The van der Waals surface area contributed by atoms with Crippen LogP contribution in [0.1, 0.15) is 57.1 Å². The van der Waals surface area contributed by atoms with Crippen LogP contribution < -0.4 is 5.32 Å². The van der Waals surface area contributed by atoms with E-state index in [9.17, 15) is 0 Å². The number of aliphatic imine (C=N–C) groups is 1. The van der Waals surface area contributed by atoms with Crippen LogP contribution in [0.2, 0.25) is 0 Å². The van der Waals surface area contributed by atoms with Crippen molar-refractivity contribution in [2.45, 2.75) is 58.0 Å². The molecular weight excluding hydrogens is 268 g/mol. The van der Waals surface area contributed by atoms with E-state index in [4.69, 9.17) is 9.41 Å². The van der Waals surface area contributed by atoms with Crippen LogP contribution in [0, 0.1) is 12.8 Å². The van der Waals surface area contributed by atoms with Crippen LogP contribution in [0.5, 0.6) is 0 Å². The van der Waals surface area contributed by atoms with Gasteiger partial charge >= 0.3 is 0 Å². The van der Waals surface area contributed by atoms with Crippen molar-refractivity contribution in [2.75, 3.05) is 5.75 Å². The summed E-state index contributed by atoms with van der Waals surface area (Å²) in [5, 5.41) is 4.81. The molecule has 2 heterocycles. The topological polar surface area (TPSA) is 37.5 Å². The van der Waals surface area contributed by atoms with Crippen molar-refractivity contribution in [1.82, 2.24) is 5.32 Å². The van der Waals surface area contributed by atoms with Gasteiger partial charge in [0.2, 0.25) is 0 Å². The maximum absolute atomic E-state index is 5.67. The molecule has 110 valence electrons. The van der Waals surface area contributed by atoms with Gasteiger partial charge in [0, 0.05) is 11.3 Å². The van der Waals surface area contributed by atoms with Crippen LogP contribution >= 0.6 is 11.8 Å². The second-order valence-electron chi connectivity index (χ2n) is 6.45. The molecule has 0 amide bonds. The Morgan fingerprint density at radius 1 is 1.50 bits per heavy atom. The molecule has 1 saturated carbocycles. The Bertz CT molecular complexity index is 510. The number of thioether (sulfide) groups is 1. The lowest BCUT2D eigenvalue weighted by Gasteiger charge is -2.36. The number of aryl methyl sites for hydroxylation is 1. The number of nitrogens with zero attached hydrogens (tertiary/aromatic N) is 1. The molecule has 0 radical (unpaired) electrons. The molecule has 0 aromatic carbocycles. The molecule has 1 aliphatic carbocycles. The Labute approximate surface area is 125 Å². The van der Waals surface area contributed by atoms with Crippen LogP contribution in [-0.4, -0.2) is 16.5 Å². The molecule has 3 unspecified atom stereocenters. The maximum atomic E-state index is 5.67. The average Bonchev–Trinajstić information content (AvgIpc) is 2.97. The SMILES string of the molecule is Cc1ccc(C(C)N=C2NC3(CCCC(C)C3)CS2)o1. The van der Waals surface area contributed by atoms with E-state index in [-0.39, 0.29) is 6.04 Å². The molecule has 3 rings (SSSR count). The molecule has 1 N–H and O–H groups in total. The van der Waals surface area contributed by atoms with Gasteiger partial charge in [-0.2, -0.15) is 0 Å². The number of furan rings is 1. The predicted molar refractivity (Wildman–Crippen MR) is 85.3 cm³/mol. The standard InChI is InChI=1S/C16H24N2OS/c1-11-5-4-8-16(9-11)10-20-15(18-16)17-13(3)14-7-6-12(2)19-14/h6-7,11,13H,4-5,8-10H2,1-3H3,(H,17,18). The maximum Gasteiger partial charge on any atom is 0.157 e. The predicted octanol–water partition coefficient (Wildman–Crippen LogP) is 4.29. The quantitative estimate of drug-likeness (QED) is 0.883. The Hall–Kier alpha value is -0.900. The van der Waals surface area contributed by atoms with Crippen LogP contribution in [0.25, 0.3) is 0 Å². The van der Waals surface area contributed by atoms with E-state index >= 15 is 0 Å². The highest BCUT2D eigenvalue weighted by atomic mass is 32.2. The first-order valence-electron chi connectivity index (χ1n) is 7.61. The molecular formula is C16H24N2OS. The van der Waals surface area contributed by atoms with Gasteiger partial charge in [-0.15, -0.1) is 0 Å². The molecule has 1 aromatic rings. The second kappa shape index (κ2) is 5.47. The van der Waals surface area contributed by atoms with E-state index in [1.165, 1.54) is 31.4 Å². The van der Waals surface area contributed by atoms with Gasteiger partial charge in [0.1, 0.15) is 17.6 Å². The molecule has 1 aliphatic heterocycles. The summed E-state index contributed by atoms with van der Waals surface area (Å²) < 4.78 is 5.67.